The maximum absolute atomic E-state index is 5.63. The van der Waals surface area contributed by atoms with E-state index in [1.54, 1.807) is 0 Å². The van der Waals surface area contributed by atoms with E-state index < -0.39 is 0 Å². The van der Waals surface area contributed by atoms with Crippen molar-refractivity contribution in [3.05, 3.63) is 66.0 Å². The van der Waals surface area contributed by atoms with Gasteiger partial charge < -0.3 is 0 Å². The molecule has 1 aromatic carbocycles. The summed E-state index contributed by atoms with van der Waals surface area (Å²) in [5, 5.41) is 2.03. The van der Waals surface area contributed by atoms with E-state index >= 15 is 0 Å². The van der Waals surface area contributed by atoms with Crippen LogP contribution in [-0.2, 0) is 4.84 Å². The van der Waals surface area contributed by atoms with Gasteiger partial charge in [-0.25, -0.2) is 0 Å². The summed E-state index contributed by atoms with van der Waals surface area (Å²) >= 11 is 0. The Kier molecular flexibility index (Phi) is 6.38. The van der Waals surface area contributed by atoms with Crippen LogP contribution < -0.4 is 0 Å². The number of nitrogens with zero attached hydrogens (tertiary/aromatic N) is 2. The van der Waals surface area contributed by atoms with Crippen LogP contribution in [0.5, 0.6) is 0 Å². The minimum absolute atomic E-state index is 0.307. The second-order valence-electron chi connectivity index (χ2n) is 4.95. The van der Waals surface area contributed by atoms with Crippen LogP contribution in [0.15, 0.2) is 54.7 Å². The molecular formula is C18H24N2O. The Morgan fingerprint density at radius 2 is 1.81 bits per heavy atom. The molecule has 0 fully saturated rings. The van der Waals surface area contributed by atoms with E-state index in [0.29, 0.717) is 12.5 Å². The Bertz CT molecular complexity index is 462. The molecule has 3 nitrogen and oxygen atoms in total. The molecule has 1 aromatic heterocycles. The highest BCUT2D eigenvalue weighted by Gasteiger charge is 2.16. The summed E-state index contributed by atoms with van der Waals surface area (Å²) in [6.07, 6.45) is 2.86. The number of hydrogen-bond donors (Lipinski definition) is 0. The first-order chi connectivity index (χ1) is 10.3. The van der Waals surface area contributed by atoms with Gasteiger partial charge in [0.15, 0.2) is 0 Å². The molecule has 2 aromatic rings. The van der Waals surface area contributed by atoms with Gasteiger partial charge in [-0.3, -0.25) is 9.82 Å². The summed E-state index contributed by atoms with van der Waals surface area (Å²) in [4.78, 5) is 10.2. The van der Waals surface area contributed by atoms with Crippen LogP contribution in [0.4, 0.5) is 0 Å². The molecule has 1 unspecified atom stereocenters. The van der Waals surface area contributed by atoms with Gasteiger partial charge in [0.25, 0.3) is 0 Å². The number of hydroxylamine groups is 2. The average molecular weight is 284 g/mol. The molecule has 0 saturated heterocycles. The second-order valence-corrected chi connectivity index (χ2v) is 4.95. The van der Waals surface area contributed by atoms with Gasteiger partial charge in [-0.1, -0.05) is 43.3 Å². The molecule has 0 bridgehead atoms. The number of aromatic nitrogens is 1. The molecule has 112 valence electrons. The van der Waals surface area contributed by atoms with Crippen LogP contribution in [0, 0.1) is 0 Å². The van der Waals surface area contributed by atoms with Crippen LogP contribution in [0.2, 0.25) is 0 Å². The SMILES string of the molecule is CCON(CC)CCC(c1ccccc1)c1ccccn1. The molecular weight excluding hydrogens is 260 g/mol. The third-order valence-corrected chi connectivity index (χ3v) is 3.58. The molecule has 0 saturated carbocycles. The third kappa shape index (κ3) is 4.66. The van der Waals surface area contributed by atoms with E-state index in [-0.39, 0.29) is 0 Å². The molecule has 0 spiro atoms. The third-order valence-electron chi connectivity index (χ3n) is 3.58. The van der Waals surface area contributed by atoms with Gasteiger partial charge in [-0.05, 0) is 31.0 Å². The van der Waals surface area contributed by atoms with Gasteiger partial charge >= 0.3 is 0 Å². The fourth-order valence-electron chi connectivity index (χ4n) is 2.52. The molecule has 0 N–H and O–H groups in total. The molecule has 0 aliphatic heterocycles. The van der Waals surface area contributed by atoms with Crippen molar-refractivity contribution < 1.29 is 4.84 Å². The predicted octanol–water partition coefficient (Wildman–Crippen LogP) is 3.88. The van der Waals surface area contributed by atoms with E-state index in [4.69, 9.17) is 4.84 Å². The quantitative estimate of drug-likeness (QED) is 0.688. The van der Waals surface area contributed by atoms with Gasteiger partial charge in [0.1, 0.15) is 0 Å². The monoisotopic (exact) mass is 284 g/mol. The highest BCUT2D eigenvalue weighted by atomic mass is 16.7. The Balaban J connectivity index is 2.13. The van der Waals surface area contributed by atoms with E-state index in [1.807, 2.05) is 24.3 Å². The van der Waals surface area contributed by atoms with Crippen LogP contribution in [0.3, 0.4) is 0 Å². The van der Waals surface area contributed by atoms with Crippen LogP contribution >= 0.6 is 0 Å². The minimum atomic E-state index is 0.307. The highest BCUT2D eigenvalue weighted by molar-refractivity contribution is 5.28. The molecule has 0 aliphatic rings. The minimum Gasteiger partial charge on any atom is -0.299 e. The van der Waals surface area contributed by atoms with Crippen molar-refractivity contribution >= 4 is 0 Å². The maximum Gasteiger partial charge on any atom is 0.0656 e. The van der Waals surface area contributed by atoms with Crippen LogP contribution in [0.25, 0.3) is 0 Å². The lowest BCUT2D eigenvalue weighted by atomic mass is 9.92. The Morgan fingerprint density at radius 1 is 1.05 bits per heavy atom. The van der Waals surface area contributed by atoms with Gasteiger partial charge in [-0.15, -0.1) is 0 Å². The zero-order valence-electron chi connectivity index (χ0n) is 12.9. The maximum atomic E-state index is 5.63. The number of pyridine rings is 1. The van der Waals surface area contributed by atoms with Gasteiger partial charge in [-0.2, -0.15) is 5.06 Å². The van der Waals surface area contributed by atoms with Gasteiger partial charge in [0.2, 0.25) is 0 Å². The second kappa shape index (κ2) is 8.55. The fraction of sp³-hybridized carbons (Fsp3) is 0.389. The van der Waals surface area contributed by atoms with E-state index in [2.05, 4.69) is 54.4 Å². The molecule has 2 rings (SSSR count). The summed E-state index contributed by atoms with van der Waals surface area (Å²) in [7, 11) is 0. The van der Waals surface area contributed by atoms with Crippen molar-refractivity contribution in [2.45, 2.75) is 26.2 Å². The lowest BCUT2D eigenvalue weighted by Gasteiger charge is -2.23. The van der Waals surface area contributed by atoms with Crippen molar-refractivity contribution in [2.75, 3.05) is 19.7 Å². The van der Waals surface area contributed by atoms with Crippen molar-refractivity contribution in [3.63, 3.8) is 0 Å². The number of rotatable bonds is 8. The first-order valence-corrected chi connectivity index (χ1v) is 7.68. The largest absolute Gasteiger partial charge is 0.299 e. The van der Waals surface area contributed by atoms with Crippen LogP contribution in [-0.4, -0.2) is 29.7 Å². The molecule has 3 heteroatoms. The van der Waals surface area contributed by atoms with Gasteiger partial charge in [0.05, 0.1) is 6.61 Å². The van der Waals surface area contributed by atoms with Crippen molar-refractivity contribution in [2.24, 2.45) is 0 Å². The first-order valence-electron chi connectivity index (χ1n) is 7.68. The molecule has 21 heavy (non-hydrogen) atoms. The first kappa shape index (κ1) is 15.7. The fourth-order valence-corrected chi connectivity index (χ4v) is 2.52. The Morgan fingerprint density at radius 3 is 2.43 bits per heavy atom. The molecule has 1 heterocycles. The zero-order chi connectivity index (χ0) is 14.9. The normalized spacial score (nSPS) is 12.5. The molecule has 0 aliphatic carbocycles. The average Bonchev–Trinajstić information content (AvgIpc) is 2.56. The number of hydrogen-bond acceptors (Lipinski definition) is 3. The summed E-state index contributed by atoms with van der Waals surface area (Å²) in [5.74, 6) is 0.307. The van der Waals surface area contributed by atoms with Gasteiger partial charge in [0, 0.05) is 30.9 Å². The van der Waals surface area contributed by atoms with Crippen molar-refractivity contribution in [1.29, 1.82) is 0 Å². The van der Waals surface area contributed by atoms with Crippen LogP contribution in [0.1, 0.15) is 37.4 Å². The lowest BCUT2D eigenvalue weighted by Crippen LogP contribution is -2.26. The van der Waals surface area contributed by atoms with E-state index in [0.717, 1.165) is 25.2 Å². The molecule has 0 amide bonds. The Labute approximate surface area is 127 Å². The van der Waals surface area contributed by atoms with Crippen molar-refractivity contribution in [3.8, 4) is 0 Å². The van der Waals surface area contributed by atoms with Crippen molar-refractivity contribution in [1.82, 2.24) is 10.0 Å². The summed E-state index contributed by atoms with van der Waals surface area (Å²) in [6.45, 7) is 6.66. The smallest absolute Gasteiger partial charge is 0.0656 e. The summed E-state index contributed by atoms with van der Waals surface area (Å²) in [5.41, 5.74) is 2.43. The topological polar surface area (TPSA) is 25.4 Å². The summed E-state index contributed by atoms with van der Waals surface area (Å²) in [6, 6.07) is 16.7. The highest BCUT2D eigenvalue weighted by Crippen LogP contribution is 2.26. The zero-order valence-corrected chi connectivity index (χ0v) is 12.9. The standard InChI is InChI=1S/C18H24N2O/c1-3-20(21-4-2)15-13-17(16-10-6-5-7-11-16)18-12-8-9-14-19-18/h5-12,14,17H,3-4,13,15H2,1-2H3. The summed E-state index contributed by atoms with van der Waals surface area (Å²) < 4.78 is 0. The molecule has 1 atom stereocenters. The Hall–Kier alpha value is -1.71. The van der Waals surface area contributed by atoms with E-state index in [1.165, 1.54) is 5.56 Å². The predicted molar refractivity (Wildman–Crippen MR) is 86.0 cm³/mol. The number of benzene rings is 1. The lowest BCUT2D eigenvalue weighted by molar-refractivity contribution is -0.152. The molecule has 0 radical (unpaired) electrons. The van der Waals surface area contributed by atoms with E-state index in [9.17, 15) is 0 Å².